The first-order valence-electron chi connectivity index (χ1n) is 10.6. The molecule has 1 aliphatic carbocycles. The summed E-state index contributed by atoms with van der Waals surface area (Å²) in [6, 6.07) is 6.70. The first kappa shape index (κ1) is 21.0. The molecule has 0 spiro atoms. The van der Waals surface area contributed by atoms with E-state index in [0.717, 1.165) is 43.5 Å². The van der Waals surface area contributed by atoms with Crippen LogP contribution in [0, 0.1) is 11.7 Å². The summed E-state index contributed by atoms with van der Waals surface area (Å²) in [5.41, 5.74) is 0.715. The number of rotatable bonds is 6. The predicted molar refractivity (Wildman–Crippen MR) is 117 cm³/mol. The first-order chi connectivity index (χ1) is 15.3. The van der Waals surface area contributed by atoms with Crippen molar-refractivity contribution >= 4 is 27.8 Å². The molecule has 2 heterocycles. The number of anilines is 1. The molecule has 3 N–H and O–H groups in total. The van der Waals surface area contributed by atoms with Crippen LogP contribution in [0.2, 0.25) is 0 Å². The number of carbonyl (C=O) groups is 1. The van der Waals surface area contributed by atoms with E-state index in [-0.39, 0.29) is 39.4 Å². The van der Waals surface area contributed by atoms with Crippen molar-refractivity contribution in [1.29, 1.82) is 0 Å². The van der Waals surface area contributed by atoms with E-state index >= 15 is 0 Å². The van der Waals surface area contributed by atoms with Crippen LogP contribution in [0.5, 0.6) is 5.75 Å². The Morgan fingerprint density at radius 2 is 2.12 bits per heavy atom. The minimum Gasteiger partial charge on any atom is -0.492 e. The third-order valence-electron chi connectivity index (χ3n) is 6.28. The Kier molecular flexibility index (Phi) is 5.17. The second kappa shape index (κ2) is 7.90. The monoisotopic (exact) mass is 458 g/mol. The highest BCUT2D eigenvalue weighted by atomic mass is 32.2. The number of nitrogens with one attached hydrogen (secondary N) is 2. The number of fused-ring (bicyclic) bond motifs is 3. The maximum absolute atomic E-state index is 13.9. The van der Waals surface area contributed by atoms with Crippen molar-refractivity contribution in [2.75, 3.05) is 17.9 Å². The lowest BCUT2D eigenvalue weighted by atomic mass is 10.0. The quantitative estimate of drug-likeness (QED) is 0.611. The lowest BCUT2D eigenvalue weighted by molar-refractivity contribution is 0.0692. The van der Waals surface area contributed by atoms with Gasteiger partial charge in [0.2, 0.25) is 0 Å². The lowest BCUT2D eigenvalue weighted by Crippen LogP contribution is -2.20. The number of ether oxygens (including phenoxy) is 1. The zero-order valence-corrected chi connectivity index (χ0v) is 18.0. The summed E-state index contributed by atoms with van der Waals surface area (Å²) in [5.74, 6) is -0.946. The average Bonchev–Trinajstić information content (AvgIpc) is 3.36. The summed E-state index contributed by atoms with van der Waals surface area (Å²) in [6.07, 6.45) is 6.29. The topological polar surface area (TPSA) is 105 Å². The van der Waals surface area contributed by atoms with Crippen molar-refractivity contribution in [3.63, 3.8) is 0 Å². The number of benzene rings is 2. The zero-order valence-electron chi connectivity index (χ0n) is 17.2. The summed E-state index contributed by atoms with van der Waals surface area (Å²) >= 11 is 0. The fraction of sp³-hybridized carbons (Fsp3) is 0.348. The summed E-state index contributed by atoms with van der Waals surface area (Å²) in [4.78, 5) is 11.9. The van der Waals surface area contributed by atoms with E-state index in [0.29, 0.717) is 12.5 Å². The standard InChI is InChI=1S/C23H23FN2O5S/c24-15-4-8-20(13(10-15)3-5-16-2-1-9-25-16)32(29,30)26-19-7-6-17-18-11-14(18)12-31-22(17)21(19)23(27)28/h3-8,10,14,16,18,25-26H,1-2,9,11-12H2,(H,27,28)/t14-,16-,18-/m0/s1. The second-order valence-electron chi connectivity index (χ2n) is 8.47. The molecule has 168 valence electrons. The van der Waals surface area contributed by atoms with E-state index in [1.165, 1.54) is 12.1 Å². The van der Waals surface area contributed by atoms with Gasteiger partial charge in [0.05, 0.1) is 17.2 Å². The highest BCUT2D eigenvalue weighted by molar-refractivity contribution is 7.92. The molecule has 0 radical (unpaired) electrons. The van der Waals surface area contributed by atoms with Crippen LogP contribution in [-0.4, -0.2) is 38.7 Å². The normalized spacial score (nSPS) is 24.0. The van der Waals surface area contributed by atoms with Crippen LogP contribution >= 0.6 is 0 Å². The van der Waals surface area contributed by atoms with E-state index < -0.39 is 21.8 Å². The first-order valence-corrected chi connectivity index (χ1v) is 12.1. The zero-order chi connectivity index (χ0) is 22.5. The molecule has 0 bridgehead atoms. The Hall–Kier alpha value is -2.91. The fourth-order valence-electron chi connectivity index (χ4n) is 4.54. The fourth-order valence-corrected chi connectivity index (χ4v) is 5.79. The van der Waals surface area contributed by atoms with E-state index in [4.69, 9.17) is 4.74 Å². The van der Waals surface area contributed by atoms with Crippen LogP contribution < -0.4 is 14.8 Å². The minimum atomic E-state index is -4.20. The van der Waals surface area contributed by atoms with Crippen molar-refractivity contribution in [3.8, 4) is 5.75 Å². The second-order valence-corrected chi connectivity index (χ2v) is 10.1. The van der Waals surface area contributed by atoms with Gasteiger partial charge in [-0.15, -0.1) is 0 Å². The van der Waals surface area contributed by atoms with Crippen molar-refractivity contribution in [2.24, 2.45) is 5.92 Å². The van der Waals surface area contributed by atoms with Gasteiger partial charge in [0.25, 0.3) is 10.0 Å². The molecule has 1 saturated carbocycles. The SMILES string of the molecule is O=C(O)c1c(NS(=O)(=O)c2ccc(F)cc2C=C[C@@H]2CCCN2)ccc2c1OC[C@@H]1C[C@H]21. The van der Waals surface area contributed by atoms with Crippen LogP contribution in [0.4, 0.5) is 10.1 Å². The minimum absolute atomic E-state index is 0.0768. The summed E-state index contributed by atoms with van der Waals surface area (Å²) in [7, 11) is -4.20. The molecule has 9 heteroatoms. The third kappa shape index (κ3) is 3.86. The van der Waals surface area contributed by atoms with Gasteiger partial charge >= 0.3 is 5.97 Å². The molecule has 1 saturated heterocycles. The van der Waals surface area contributed by atoms with Gasteiger partial charge in [-0.1, -0.05) is 18.2 Å². The summed E-state index contributed by atoms with van der Waals surface area (Å²) in [6.45, 7) is 1.31. The molecule has 5 rings (SSSR count). The van der Waals surface area contributed by atoms with Crippen molar-refractivity contribution in [3.05, 3.63) is 58.9 Å². The molecule has 3 atom stereocenters. The third-order valence-corrected chi connectivity index (χ3v) is 7.72. The number of aromatic carboxylic acids is 1. The average molecular weight is 459 g/mol. The molecule has 3 aliphatic rings. The van der Waals surface area contributed by atoms with Crippen molar-refractivity contribution < 1.29 is 27.4 Å². The van der Waals surface area contributed by atoms with Crippen molar-refractivity contribution in [1.82, 2.24) is 5.32 Å². The number of sulfonamides is 1. The van der Waals surface area contributed by atoms with E-state index in [1.807, 2.05) is 6.08 Å². The van der Waals surface area contributed by atoms with Crippen molar-refractivity contribution in [2.45, 2.75) is 36.1 Å². The number of halogens is 1. The van der Waals surface area contributed by atoms with Crippen LogP contribution in [0.25, 0.3) is 6.08 Å². The van der Waals surface area contributed by atoms with Gasteiger partial charge < -0.3 is 15.2 Å². The summed E-state index contributed by atoms with van der Waals surface area (Å²) < 4.78 is 48.4. The smallest absolute Gasteiger partial charge is 0.341 e. The van der Waals surface area contributed by atoms with Gasteiger partial charge in [0.15, 0.2) is 0 Å². The molecule has 0 aromatic heterocycles. The highest BCUT2D eigenvalue weighted by Crippen LogP contribution is 2.55. The van der Waals surface area contributed by atoms with Gasteiger partial charge in [-0.2, -0.15) is 0 Å². The molecule has 0 unspecified atom stereocenters. The molecular formula is C23H23FN2O5S. The van der Waals surface area contributed by atoms with Crippen LogP contribution in [0.1, 0.15) is 46.7 Å². The Labute approximate surface area is 185 Å². The largest absolute Gasteiger partial charge is 0.492 e. The molecule has 7 nitrogen and oxygen atoms in total. The van der Waals surface area contributed by atoms with E-state index in [9.17, 15) is 22.7 Å². The number of carboxylic acids is 1. The summed E-state index contributed by atoms with van der Waals surface area (Å²) in [5, 5.41) is 13.1. The lowest BCUT2D eigenvalue weighted by Gasteiger charge is -2.21. The van der Waals surface area contributed by atoms with Gasteiger partial charge in [-0.3, -0.25) is 4.72 Å². The van der Waals surface area contributed by atoms with E-state index in [1.54, 1.807) is 12.1 Å². The molecule has 2 aromatic rings. The molecule has 2 aliphatic heterocycles. The molecule has 2 fully saturated rings. The number of hydrogen-bond donors (Lipinski definition) is 3. The predicted octanol–water partition coefficient (Wildman–Crippen LogP) is 3.59. The molecule has 2 aromatic carbocycles. The van der Waals surface area contributed by atoms with E-state index in [2.05, 4.69) is 10.0 Å². The van der Waals surface area contributed by atoms with Gasteiger partial charge in [0.1, 0.15) is 17.1 Å². The number of hydrogen-bond acceptors (Lipinski definition) is 5. The maximum Gasteiger partial charge on any atom is 0.341 e. The Bertz CT molecular complexity index is 1220. The Balaban J connectivity index is 1.51. The van der Waals surface area contributed by atoms with Gasteiger partial charge in [-0.25, -0.2) is 17.6 Å². The molecular weight excluding hydrogens is 435 g/mol. The van der Waals surface area contributed by atoms with Gasteiger partial charge in [-0.05, 0) is 67.1 Å². The highest BCUT2D eigenvalue weighted by Gasteiger charge is 2.45. The molecule has 32 heavy (non-hydrogen) atoms. The molecule has 0 amide bonds. The van der Waals surface area contributed by atoms with Crippen LogP contribution in [0.3, 0.4) is 0 Å². The van der Waals surface area contributed by atoms with Gasteiger partial charge in [0, 0.05) is 12.0 Å². The Morgan fingerprint density at radius 1 is 1.28 bits per heavy atom. The van der Waals surface area contributed by atoms with Crippen LogP contribution in [-0.2, 0) is 10.0 Å². The van der Waals surface area contributed by atoms with Crippen LogP contribution in [0.15, 0.2) is 41.3 Å². The number of carboxylic acid groups (broad SMARTS) is 1. The maximum atomic E-state index is 13.9. The Morgan fingerprint density at radius 3 is 2.88 bits per heavy atom.